The summed E-state index contributed by atoms with van der Waals surface area (Å²) in [5.74, 6) is -0.440. The number of hydrogen-bond donors (Lipinski definition) is 1. The molecule has 37 heavy (non-hydrogen) atoms. The maximum Gasteiger partial charge on any atom is 0.257 e. The highest BCUT2D eigenvalue weighted by Gasteiger charge is 2.54. The van der Waals surface area contributed by atoms with E-state index < -0.39 is 11.8 Å². The first kappa shape index (κ1) is 25.1. The van der Waals surface area contributed by atoms with E-state index in [-0.39, 0.29) is 30.9 Å². The minimum absolute atomic E-state index is 0.0664. The molecule has 1 atom stereocenters. The molecular weight excluding hydrogens is 488 g/mol. The van der Waals surface area contributed by atoms with Crippen LogP contribution in [-0.4, -0.2) is 64.0 Å². The van der Waals surface area contributed by atoms with Gasteiger partial charge < -0.3 is 15.0 Å². The fourth-order valence-corrected chi connectivity index (χ4v) is 5.78. The Hall–Kier alpha value is -3.56. The van der Waals surface area contributed by atoms with Crippen molar-refractivity contribution in [1.29, 1.82) is 0 Å². The van der Waals surface area contributed by atoms with Gasteiger partial charge in [-0.3, -0.25) is 24.3 Å². The molecular formula is C28H30N4O4S. The zero-order valence-electron chi connectivity index (χ0n) is 20.8. The second-order valence-corrected chi connectivity index (χ2v) is 10.5. The molecule has 8 nitrogen and oxygen atoms in total. The Balaban J connectivity index is 1.35. The van der Waals surface area contributed by atoms with Gasteiger partial charge in [0.05, 0.1) is 25.3 Å². The van der Waals surface area contributed by atoms with Gasteiger partial charge >= 0.3 is 0 Å². The highest BCUT2D eigenvalue weighted by molar-refractivity contribution is 7.10. The van der Waals surface area contributed by atoms with E-state index >= 15 is 0 Å². The number of benzene rings is 1. The zero-order valence-corrected chi connectivity index (χ0v) is 21.6. The number of ether oxygens (including phenoxy) is 1. The molecule has 0 radical (unpaired) electrons. The average Bonchev–Trinajstić information content (AvgIpc) is 3.56. The topological polar surface area (TPSA) is 91.8 Å². The van der Waals surface area contributed by atoms with Crippen molar-refractivity contribution in [2.75, 3.05) is 19.7 Å². The minimum Gasteiger partial charge on any atom is -0.353 e. The van der Waals surface area contributed by atoms with Gasteiger partial charge in [-0.15, -0.1) is 11.3 Å². The average molecular weight is 519 g/mol. The smallest absolute Gasteiger partial charge is 0.257 e. The summed E-state index contributed by atoms with van der Waals surface area (Å²) < 4.78 is 6.29. The SMILES string of the molecule is Cc1ccccc1C(=O)N1[C@@H](C(=O)NCc2ccccn2)COC12CCN(C(=O)Cc1cccs1)CC2. The van der Waals surface area contributed by atoms with Crippen molar-refractivity contribution in [3.05, 3.63) is 87.9 Å². The van der Waals surface area contributed by atoms with Crippen molar-refractivity contribution in [2.24, 2.45) is 0 Å². The molecule has 2 aromatic heterocycles. The number of hydrogen-bond acceptors (Lipinski definition) is 6. The number of thiophene rings is 1. The molecule has 0 unspecified atom stereocenters. The van der Waals surface area contributed by atoms with Crippen LogP contribution in [-0.2, 0) is 27.3 Å². The van der Waals surface area contributed by atoms with Crippen LogP contribution in [0.4, 0.5) is 0 Å². The predicted octanol–water partition coefficient (Wildman–Crippen LogP) is 3.17. The van der Waals surface area contributed by atoms with Gasteiger partial charge in [0, 0.05) is 42.6 Å². The van der Waals surface area contributed by atoms with Gasteiger partial charge in [0.1, 0.15) is 11.8 Å². The number of pyridine rings is 1. The number of nitrogens with one attached hydrogen (secondary N) is 1. The first-order valence-corrected chi connectivity index (χ1v) is 13.4. The molecule has 2 fully saturated rings. The van der Waals surface area contributed by atoms with Crippen LogP contribution in [0.25, 0.3) is 0 Å². The molecule has 0 saturated carbocycles. The third-order valence-corrected chi connectivity index (χ3v) is 8.01. The predicted molar refractivity (Wildman–Crippen MR) is 140 cm³/mol. The molecule has 2 aliphatic rings. The van der Waals surface area contributed by atoms with E-state index in [1.807, 2.05) is 65.7 Å². The number of likely N-dealkylation sites (tertiary alicyclic amines) is 1. The molecule has 1 N–H and O–H groups in total. The minimum atomic E-state index is -0.938. The van der Waals surface area contributed by atoms with Crippen LogP contribution in [0.1, 0.15) is 39.3 Å². The normalized spacial score (nSPS) is 18.7. The fourth-order valence-electron chi connectivity index (χ4n) is 5.09. The lowest BCUT2D eigenvalue weighted by molar-refractivity contribution is -0.143. The molecule has 3 amide bonds. The van der Waals surface area contributed by atoms with E-state index in [4.69, 9.17) is 4.74 Å². The van der Waals surface area contributed by atoms with E-state index in [0.29, 0.717) is 37.9 Å². The number of aromatic nitrogens is 1. The zero-order chi connectivity index (χ0) is 25.8. The Kier molecular flexibility index (Phi) is 7.34. The maximum atomic E-state index is 13.9. The van der Waals surface area contributed by atoms with Crippen molar-refractivity contribution in [3.8, 4) is 0 Å². The Labute approximate surface area is 220 Å². The largest absolute Gasteiger partial charge is 0.353 e. The summed E-state index contributed by atoms with van der Waals surface area (Å²) in [6.45, 7) is 3.18. The van der Waals surface area contributed by atoms with Gasteiger partial charge in [0.15, 0.2) is 0 Å². The molecule has 2 saturated heterocycles. The molecule has 192 valence electrons. The number of piperidine rings is 1. The Morgan fingerprint density at radius 1 is 1.08 bits per heavy atom. The van der Waals surface area contributed by atoms with Gasteiger partial charge in [-0.05, 0) is 42.1 Å². The number of carbonyl (C=O) groups is 3. The quantitative estimate of drug-likeness (QED) is 0.541. The van der Waals surface area contributed by atoms with Crippen molar-refractivity contribution in [3.63, 3.8) is 0 Å². The van der Waals surface area contributed by atoms with Crippen LogP contribution < -0.4 is 5.32 Å². The second-order valence-electron chi connectivity index (χ2n) is 9.44. The van der Waals surface area contributed by atoms with E-state index in [9.17, 15) is 14.4 Å². The van der Waals surface area contributed by atoms with E-state index in [0.717, 1.165) is 16.1 Å². The summed E-state index contributed by atoms with van der Waals surface area (Å²) in [6.07, 6.45) is 2.95. The van der Waals surface area contributed by atoms with Crippen LogP contribution in [0.3, 0.4) is 0 Å². The summed E-state index contributed by atoms with van der Waals surface area (Å²) in [5.41, 5.74) is 1.18. The molecule has 9 heteroatoms. The summed E-state index contributed by atoms with van der Waals surface area (Å²) in [7, 11) is 0. The van der Waals surface area contributed by atoms with Crippen LogP contribution in [0.5, 0.6) is 0 Å². The number of nitrogens with zero attached hydrogens (tertiary/aromatic N) is 3. The molecule has 1 spiro atoms. The van der Waals surface area contributed by atoms with E-state index in [1.54, 1.807) is 28.5 Å². The van der Waals surface area contributed by atoms with Crippen LogP contribution in [0, 0.1) is 6.92 Å². The van der Waals surface area contributed by atoms with E-state index in [2.05, 4.69) is 10.3 Å². The highest BCUT2D eigenvalue weighted by Crippen LogP contribution is 2.39. The Morgan fingerprint density at radius 2 is 1.86 bits per heavy atom. The third-order valence-electron chi connectivity index (χ3n) is 7.13. The summed E-state index contributed by atoms with van der Waals surface area (Å²) in [5, 5.41) is 4.89. The third kappa shape index (κ3) is 5.28. The summed E-state index contributed by atoms with van der Waals surface area (Å²) >= 11 is 1.57. The van der Waals surface area contributed by atoms with Crippen molar-refractivity contribution < 1.29 is 19.1 Å². The molecule has 5 rings (SSSR count). The van der Waals surface area contributed by atoms with Gasteiger partial charge in [-0.25, -0.2) is 0 Å². The standard InChI is InChI=1S/C28H30N4O4S/c1-20-7-2-3-10-23(20)27(35)32-24(26(34)30-18-21-8-4-5-13-29-21)19-36-28(32)11-14-31(15-12-28)25(33)17-22-9-6-16-37-22/h2-10,13,16,24H,11-12,14-15,17-19H2,1H3,(H,30,34)/t24-/m1/s1. The first-order valence-electron chi connectivity index (χ1n) is 12.5. The van der Waals surface area contributed by atoms with Crippen molar-refractivity contribution >= 4 is 29.1 Å². The Bertz CT molecular complexity index is 1260. The number of carbonyl (C=O) groups excluding carboxylic acids is 3. The van der Waals surface area contributed by atoms with Crippen LogP contribution in [0.15, 0.2) is 66.2 Å². The van der Waals surface area contributed by atoms with Gasteiger partial charge in [-0.2, -0.15) is 0 Å². The van der Waals surface area contributed by atoms with Gasteiger partial charge in [-0.1, -0.05) is 30.3 Å². The number of amides is 3. The molecule has 1 aromatic carbocycles. The molecule has 0 aliphatic carbocycles. The fraction of sp³-hybridized carbons (Fsp3) is 0.357. The number of aryl methyl sites for hydroxylation is 1. The lowest BCUT2D eigenvalue weighted by Crippen LogP contribution is -2.60. The lowest BCUT2D eigenvalue weighted by Gasteiger charge is -2.44. The van der Waals surface area contributed by atoms with Crippen molar-refractivity contribution in [1.82, 2.24) is 20.1 Å². The molecule has 2 aliphatic heterocycles. The Morgan fingerprint density at radius 3 is 2.57 bits per heavy atom. The summed E-state index contributed by atoms with van der Waals surface area (Å²) in [6, 6.07) is 16.0. The van der Waals surface area contributed by atoms with Crippen LogP contribution >= 0.6 is 11.3 Å². The first-order chi connectivity index (χ1) is 18.0. The molecule has 4 heterocycles. The van der Waals surface area contributed by atoms with E-state index in [1.165, 1.54) is 0 Å². The lowest BCUT2D eigenvalue weighted by atomic mass is 9.95. The van der Waals surface area contributed by atoms with Gasteiger partial charge in [0.2, 0.25) is 11.8 Å². The monoisotopic (exact) mass is 518 g/mol. The van der Waals surface area contributed by atoms with Gasteiger partial charge in [0.25, 0.3) is 5.91 Å². The van der Waals surface area contributed by atoms with Crippen LogP contribution in [0.2, 0.25) is 0 Å². The molecule has 0 bridgehead atoms. The summed E-state index contributed by atoms with van der Waals surface area (Å²) in [4.78, 5) is 48.9. The second kappa shape index (κ2) is 10.8. The highest BCUT2D eigenvalue weighted by atomic mass is 32.1. The molecule has 3 aromatic rings. The number of rotatable bonds is 6. The maximum absolute atomic E-state index is 13.9. The van der Waals surface area contributed by atoms with Crippen molar-refractivity contribution in [2.45, 2.75) is 44.5 Å².